The predicted octanol–water partition coefficient (Wildman–Crippen LogP) is 4.56. The van der Waals surface area contributed by atoms with Gasteiger partial charge >= 0.3 is 0 Å². The number of amides is 1. The van der Waals surface area contributed by atoms with Gasteiger partial charge in [-0.05, 0) is 54.8 Å². The highest BCUT2D eigenvalue weighted by Gasteiger charge is 2.13. The number of nitrogens with zero attached hydrogens (tertiary/aromatic N) is 3. The van der Waals surface area contributed by atoms with E-state index >= 15 is 0 Å². The third kappa shape index (κ3) is 6.58. The van der Waals surface area contributed by atoms with Crippen molar-refractivity contribution in [3.8, 4) is 17.1 Å². The van der Waals surface area contributed by atoms with Crippen molar-refractivity contribution in [1.29, 1.82) is 0 Å². The molecule has 1 aliphatic rings. The molecule has 1 saturated heterocycles. The number of aryl methyl sites for hydroxylation is 2. The molecule has 0 atom stereocenters. The molecule has 0 unspecified atom stereocenters. The fourth-order valence-electron chi connectivity index (χ4n) is 3.75. The molecule has 8 heteroatoms. The minimum Gasteiger partial charge on any atom is -0.497 e. The van der Waals surface area contributed by atoms with E-state index in [1.165, 1.54) is 17.1 Å². The molecule has 1 aliphatic heterocycles. The Bertz CT molecular complexity index is 1060. The van der Waals surface area contributed by atoms with Gasteiger partial charge in [-0.1, -0.05) is 17.3 Å². The minimum atomic E-state index is -0.000448. The van der Waals surface area contributed by atoms with Crippen molar-refractivity contribution >= 4 is 23.4 Å². The Labute approximate surface area is 198 Å². The number of aromatic nitrogens is 2. The van der Waals surface area contributed by atoms with Crippen LogP contribution in [0.15, 0.2) is 47.0 Å². The van der Waals surface area contributed by atoms with Gasteiger partial charge in [-0.25, -0.2) is 0 Å². The molecule has 1 amide bonds. The lowest BCUT2D eigenvalue weighted by molar-refractivity contribution is -0.116. The molecule has 1 N–H and O–H groups in total. The summed E-state index contributed by atoms with van der Waals surface area (Å²) < 4.78 is 10.5. The van der Waals surface area contributed by atoms with Crippen molar-refractivity contribution in [2.45, 2.75) is 32.7 Å². The largest absolute Gasteiger partial charge is 0.497 e. The highest BCUT2D eigenvalue weighted by atomic mass is 32.2. The molecule has 1 aromatic heterocycles. The summed E-state index contributed by atoms with van der Waals surface area (Å²) in [6.45, 7) is 5.19. The molecule has 7 nitrogen and oxygen atoms in total. The zero-order valence-corrected chi connectivity index (χ0v) is 20.0. The molecule has 0 saturated carbocycles. The van der Waals surface area contributed by atoms with Gasteiger partial charge in [0.1, 0.15) is 5.75 Å². The second kappa shape index (κ2) is 11.3. The summed E-state index contributed by atoms with van der Waals surface area (Å²) in [5.41, 5.74) is 4.06. The first-order valence-corrected chi connectivity index (χ1v) is 12.4. The number of nitrogens with one attached hydrogen (secondary N) is 1. The molecule has 3 aromatic rings. The highest BCUT2D eigenvalue weighted by molar-refractivity contribution is 7.99. The van der Waals surface area contributed by atoms with Gasteiger partial charge in [-0.3, -0.25) is 9.69 Å². The first kappa shape index (κ1) is 23.3. The zero-order valence-electron chi connectivity index (χ0n) is 19.2. The smallest absolute Gasteiger partial charge is 0.226 e. The maximum absolute atomic E-state index is 12.5. The third-order valence-electron chi connectivity index (χ3n) is 5.70. The zero-order chi connectivity index (χ0) is 23.0. The number of benzene rings is 2. The average Bonchev–Trinajstić information content (AvgIpc) is 3.31. The fraction of sp³-hybridized carbons (Fsp3) is 0.400. The monoisotopic (exact) mass is 466 g/mol. The summed E-state index contributed by atoms with van der Waals surface area (Å²) in [4.78, 5) is 19.5. The summed E-state index contributed by atoms with van der Waals surface area (Å²) in [6, 6.07) is 13.8. The number of thioether (sulfide) groups is 1. The van der Waals surface area contributed by atoms with Crippen molar-refractivity contribution < 1.29 is 14.1 Å². The Morgan fingerprint density at radius 2 is 1.97 bits per heavy atom. The molecule has 0 bridgehead atoms. The normalized spacial score (nSPS) is 14.2. The highest BCUT2D eigenvalue weighted by Crippen LogP contribution is 2.22. The number of ether oxygens (including phenoxy) is 1. The van der Waals surface area contributed by atoms with E-state index in [9.17, 15) is 4.79 Å². The van der Waals surface area contributed by atoms with E-state index in [-0.39, 0.29) is 5.91 Å². The van der Waals surface area contributed by atoms with E-state index in [1.54, 1.807) is 7.11 Å². The van der Waals surface area contributed by atoms with Gasteiger partial charge in [0.2, 0.25) is 17.6 Å². The van der Waals surface area contributed by atoms with Crippen molar-refractivity contribution in [2.75, 3.05) is 37.0 Å². The van der Waals surface area contributed by atoms with Crippen LogP contribution in [0.1, 0.15) is 29.9 Å². The Hall–Kier alpha value is -2.84. The summed E-state index contributed by atoms with van der Waals surface area (Å²) in [5.74, 6) is 4.23. The summed E-state index contributed by atoms with van der Waals surface area (Å²) >= 11 is 2.01. The summed E-state index contributed by atoms with van der Waals surface area (Å²) in [6.07, 6.45) is 1.59. The van der Waals surface area contributed by atoms with E-state index in [1.807, 2.05) is 43.0 Å². The van der Waals surface area contributed by atoms with Crippen LogP contribution >= 0.6 is 11.8 Å². The summed E-state index contributed by atoms with van der Waals surface area (Å²) in [5, 5.41) is 7.12. The van der Waals surface area contributed by atoms with Crippen LogP contribution in [0.25, 0.3) is 11.4 Å². The number of carbonyl (C=O) groups excluding carboxylic acids is 1. The minimum absolute atomic E-state index is 0.000448. The van der Waals surface area contributed by atoms with Crippen LogP contribution in [0.2, 0.25) is 0 Å². The number of carbonyl (C=O) groups is 1. The van der Waals surface area contributed by atoms with E-state index in [2.05, 4.69) is 38.6 Å². The molecule has 4 rings (SSSR count). The molecule has 0 aliphatic carbocycles. The van der Waals surface area contributed by atoms with E-state index in [0.29, 0.717) is 31.0 Å². The first-order chi connectivity index (χ1) is 16.1. The Balaban J connectivity index is 1.26. The van der Waals surface area contributed by atoms with Crippen molar-refractivity contribution in [3.63, 3.8) is 0 Å². The number of methoxy groups -OCH3 is 1. The number of anilines is 1. The topological polar surface area (TPSA) is 80.5 Å². The lowest BCUT2D eigenvalue weighted by Crippen LogP contribution is -2.32. The average molecular weight is 467 g/mol. The summed E-state index contributed by atoms with van der Waals surface area (Å²) in [7, 11) is 1.63. The number of hydrogen-bond acceptors (Lipinski definition) is 7. The van der Waals surface area contributed by atoms with Crippen molar-refractivity contribution in [3.05, 3.63) is 59.5 Å². The lowest BCUT2D eigenvalue weighted by atomic mass is 10.1. The van der Waals surface area contributed by atoms with Gasteiger partial charge in [0.15, 0.2) is 0 Å². The molecule has 174 valence electrons. The molecule has 2 aromatic carbocycles. The maximum atomic E-state index is 12.5. The van der Waals surface area contributed by atoms with Gasteiger partial charge in [0.25, 0.3) is 0 Å². The van der Waals surface area contributed by atoms with Gasteiger partial charge < -0.3 is 14.6 Å². The van der Waals surface area contributed by atoms with Gasteiger partial charge in [-0.15, -0.1) is 0 Å². The van der Waals surface area contributed by atoms with Crippen LogP contribution in [0.4, 0.5) is 5.69 Å². The Kier molecular flexibility index (Phi) is 8.01. The van der Waals surface area contributed by atoms with Crippen LogP contribution in [0.5, 0.6) is 5.75 Å². The Morgan fingerprint density at radius 3 is 2.73 bits per heavy atom. The van der Waals surface area contributed by atoms with Crippen LogP contribution in [0.3, 0.4) is 0 Å². The Morgan fingerprint density at radius 1 is 1.18 bits per heavy atom. The maximum Gasteiger partial charge on any atom is 0.226 e. The molecule has 0 radical (unpaired) electrons. The number of hydrogen-bond donors (Lipinski definition) is 1. The van der Waals surface area contributed by atoms with Crippen LogP contribution in [0, 0.1) is 6.92 Å². The van der Waals surface area contributed by atoms with Crippen molar-refractivity contribution in [2.24, 2.45) is 0 Å². The number of rotatable bonds is 9. The molecular formula is C25H30N4O3S. The molecule has 0 spiro atoms. The van der Waals surface area contributed by atoms with Gasteiger partial charge in [-0.2, -0.15) is 16.7 Å². The van der Waals surface area contributed by atoms with E-state index < -0.39 is 0 Å². The SMILES string of the molecule is COc1ccc(-c2noc(CCCC(=O)Nc3cc(CN4CCSCC4)ccc3C)n2)cc1. The van der Waals surface area contributed by atoms with E-state index in [4.69, 9.17) is 9.26 Å². The van der Waals surface area contributed by atoms with Crippen LogP contribution in [-0.4, -0.2) is 52.7 Å². The first-order valence-electron chi connectivity index (χ1n) is 11.3. The van der Waals surface area contributed by atoms with Crippen LogP contribution < -0.4 is 10.1 Å². The van der Waals surface area contributed by atoms with Gasteiger partial charge in [0, 0.05) is 55.2 Å². The van der Waals surface area contributed by atoms with Crippen molar-refractivity contribution in [1.82, 2.24) is 15.0 Å². The molecule has 1 fully saturated rings. The third-order valence-corrected chi connectivity index (χ3v) is 6.64. The predicted molar refractivity (Wildman–Crippen MR) is 132 cm³/mol. The standard InChI is InChI=1S/C25H30N4O3S/c1-18-6-7-19(17-29-12-14-33-15-13-29)16-22(18)26-23(30)4-3-5-24-27-25(28-32-24)20-8-10-21(31-2)11-9-20/h6-11,16H,3-5,12-15,17H2,1-2H3,(H,26,30). The molecule has 33 heavy (non-hydrogen) atoms. The second-order valence-corrected chi connectivity index (χ2v) is 9.40. The molecular weight excluding hydrogens is 436 g/mol. The molecule has 2 heterocycles. The lowest BCUT2D eigenvalue weighted by Gasteiger charge is -2.26. The second-order valence-electron chi connectivity index (χ2n) is 8.18. The van der Waals surface area contributed by atoms with Gasteiger partial charge in [0.05, 0.1) is 7.11 Å². The van der Waals surface area contributed by atoms with E-state index in [0.717, 1.165) is 42.2 Å². The van der Waals surface area contributed by atoms with Crippen LogP contribution in [-0.2, 0) is 17.8 Å². The quantitative estimate of drug-likeness (QED) is 0.495. The fourth-order valence-corrected chi connectivity index (χ4v) is 4.73.